The molecule has 1 rings (SSSR count). The quantitative estimate of drug-likeness (QED) is 0.548. The number of benzene rings is 1. The van der Waals surface area contributed by atoms with Crippen LogP contribution in [-0.4, -0.2) is 47.0 Å². The van der Waals surface area contributed by atoms with Gasteiger partial charge in [0.1, 0.15) is 23.1 Å². The topological polar surface area (TPSA) is 116 Å². The molecule has 1 aromatic rings. The van der Waals surface area contributed by atoms with Gasteiger partial charge >= 0.3 is 5.97 Å². The Kier molecular flexibility index (Phi) is 5.79. The third kappa shape index (κ3) is 4.13. The number of carboxylic acid groups (broad SMARTS) is 1. The molecule has 20 heavy (non-hydrogen) atoms. The molecule has 0 bridgehead atoms. The molecule has 1 unspecified atom stereocenters. The number of amides is 1. The van der Waals surface area contributed by atoms with Crippen molar-refractivity contribution in [2.75, 3.05) is 13.7 Å². The number of phenolic OH excluding ortho intramolecular Hbond substituents is 2. The van der Waals surface area contributed by atoms with Crippen molar-refractivity contribution in [2.45, 2.75) is 18.9 Å². The normalized spacial score (nSPS) is 11.8. The second kappa shape index (κ2) is 7.34. The predicted molar refractivity (Wildman–Crippen MR) is 69.8 cm³/mol. The molecule has 7 heteroatoms. The largest absolute Gasteiger partial charge is 0.507 e. The summed E-state index contributed by atoms with van der Waals surface area (Å²) in [6.45, 7) is 0.376. The fraction of sp³-hybridized carbons (Fsp3) is 0.385. The highest BCUT2D eigenvalue weighted by Gasteiger charge is 2.23. The monoisotopic (exact) mass is 283 g/mol. The lowest BCUT2D eigenvalue weighted by atomic mass is 10.1. The first-order valence-corrected chi connectivity index (χ1v) is 6.01. The number of hydrogen-bond acceptors (Lipinski definition) is 5. The summed E-state index contributed by atoms with van der Waals surface area (Å²) in [5.41, 5.74) is -0.342. The highest BCUT2D eigenvalue weighted by Crippen LogP contribution is 2.26. The van der Waals surface area contributed by atoms with Crippen LogP contribution in [-0.2, 0) is 9.53 Å². The number of phenols is 2. The van der Waals surface area contributed by atoms with Crippen molar-refractivity contribution in [3.05, 3.63) is 23.8 Å². The fourth-order valence-electron chi connectivity index (χ4n) is 1.68. The van der Waals surface area contributed by atoms with Crippen LogP contribution in [0.2, 0.25) is 0 Å². The number of nitrogens with one attached hydrogen (secondary N) is 1. The number of rotatable bonds is 7. The summed E-state index contributed by atoms with van der Waals surface area (Å²) >= 11 is 0. The number of carbonyl (C=O) groups is 2. The lowest BCUT2D eigenvalue weighted by Gasteiger charge is -2.15. The number of aromatic hydroxyl groups is 2. The Bertz CT molecular complexity index is 467. The third-order valence-corrected chi connectivity index (χ3v) is 2.69. The first-order valence-electron chi connectivity index (χ1n) is 6.01. The van der Waals surface area contributed by atoms with Crippen LogP contribution in [0, 0.1) is 0 Å². The molecule has 0 saturated heterocycles. The number of methoxy groups -OCH3 is 1. The molecule has 7 nitrogen and oxygen atoms in total. The zero-order chi connectivity index (χ0) is 15.1. The summed E-state index contributed by atoms with van der Waals surface area (Å²) in [6, 6.07) is 2.72. The number of aliphatic carboxylic acids is 1. The maximum Gasteiger partial charge on any atom is 0.326 e. The number of carbonyl (C=O) groups excluding carboxylic acids is 1. The molecule has 0 aliphatic carbocycles. The minimum atomic E-state index is -1.19. The molecule has 0 aliphatic rings. The van der Waals surface area contributed by atoms with E-state index in [1.54, 1.807) is 0 Å². The molecule has 1 amide bonds. The Hall–Kier alpha value is -2.28. The second-order valence-corrected chi connectivity index (χ2v) is 4.17. The molecule has 4 N–H and O–H groups in total. The van der Waals surface area contributed by atoms with Gasteiger partial charge in [0.2, 0.25) is 0 Å². The van der Waals surface area contributed by atoms with Gasteiger partial charge in [0.25, 0.3) is 5.91 Å². The Morgan fingerprint density at radius 2 is 1.90 bits per heavy atom. The molecular formula is C13H17NO6. The van der Waals surface area contributed by atoms with Crippen LogP contribution >= 0.6 is 0 Å². The van der Waals surface area contributed by atoms with Crippen LogP contribution in [0.1, 0.15) is 23.2 Å². The zero-order valence-electron chi connectivity index (χ0n) is 11.0. The number of hydrogen-bond donors (Lipinski definition) is 4. The Morgan fingerprint density at radius 1 is 1.30 bits per heavy atom. The van der Waals surface area contributed by atoms with Crippen LogP contribution in [0.15, 0.2) is 18.2 Å². The Balaban J connectivity index is 2.78. The first kappa shape index (κ1) is 15.8. The molecule has 0 fully saturated rings. The minimum absolute atomic E-state index is 0.184. The summed E-state index contributed by atoms with van der Waals surface area (Å²) in [6.07, 6.45) is 0.643. The highest BCUT2D eigenvalue weighted by atomic mass is 16.5. The van der Waals surface area contributed by atoms with Crippen LogP contribution in [0.25, 0.3) is 0 Å². The molecule has 0 saturated carbocycles. The lowest BCUT2D eigenvalue weighted by molar-refractivity contribution is -0.139. The van der Waals surface area contributed by atoms with Gasteiger partial charge in [-0.3, -0.25) is 4.79 Å². The Labute approximate surface area is 115 Å². The zero-order valence-corrected chi connectivity index (χ0v) is 11.0. The predicted octanol–water partition coefficient (Wildman–Crippen LogP) is 0.707. The summed E-state index contributed by atoms with van der Waals surface area (Å²) in [5, 5.41) is 30.4. The highest BCUT2D eigenvalue weighted by molar-refractivity contribution is 6.01. The van der Waals surface area contributed by atoms with Gasteiger partial charge in [-0.05, 0) is 25.0 Å². The van der Waals surface area contributed by atoms with E-state index in [4.69, 9.17) is 9.84 Å². The molecular weight excluding hydrogens is 266 g/mol. The summed E-state index contributed by atoms with van der Waals surface area (Å²) in [5.74, 6) is -2.86. The molecule has 0 aromatic heterocycles. The van der Waals surface area contributed by atoms with Crippen LogP contribution in [0.5, 0.6) is 11.5 Å². The molecule has 0 heterocycles. The first-order chi connectivity index (χ1) is 9.47. The van der Waals surface area contributed by atoms with Crippen molar-refractivity contribution in [2.24, 2.45) is 0 Å². The average molecular weight is 283 g/mol. The maximum atomic E-state index is 11.9. The molecule has 0 spiro atoms. The summed E-state index contributed by atoms with van der Waals surface area (Å²) in [7, 11) is 1.49. The Morgan fingerprint density at radius 3 is 2.40 bits per heavy atom. The van der Waals surface area contributed by atoms with Crippen molar-refractivity contribution >= 4 is 11.9 Å². The second-order valence-electron chi connectivity index (χ2n) is 4.17. The van der Waals surface area contributed by atoms with Crippen molar-refractivity contribution in [3.8, 4) is 11.5 Å². The van der Waals surface area contributed by atoms with Crippen molar-refractivity contribution in [1.82, 2.24) is 5.32 Å². The van der Waals surface area contributed by atoms with Crippen molar-refractivity contribution in [3.63, 3.8) is 0 Å². The minimum Gasteiger partial charge on any atom is -0.507 e. The SMILES string of the molecule is COCCCC(NC(=O)c1c(O)cccc1O)C(=O)O. The van der Waals surface area contributed by atoms with E-state index >= 15 is 0 Å². The average Bonchev–Trinajstić information content (AvgIpc) is 2.37. The van der Waals surface area contributed by atoms with E-state index in [1.165, 1.54) is 25.3 Å². The van der Waals surface area contributed by atoms with E-state index in [2.05, 4.69) is 5.32 Å². The van der Waals surface area contributed by atoms with E-state index in [0.29, 0.717) is 13.0 Å². The smallest absolute Gasteiger partial charge is 0.326 e. The van der Waals surface area contributed by atoms with E-state index in [0.717, 1.165) is 0 Å². The molecule has 0 aliphatic heterocycles. The number of carboxylic acids is 1. The van der Waals surface area contributed by atoms with Gasteiger partial charge in [0.05, 0.1) is 0 Å². The van der Waals surface area contributed by atoms with Gasteiger partial charge in [-0.25, -0.2) is 4.79 Å². The van der Waals surface area contributed by atoms with E-state index in [9.17, 15) is 19.8 Å². The van der Waals surface area contributed by atoms with E-state index < -0.39 is 29.4 Å². The van der Waals surface area contributed by atoms with Gasteiger partial charge in [-0.1, -0.05) is 6.07 Å². The van der Waals surface area contributed by atoms with E-state index in [1.807, 2.05) is 0 Å². The molecule has 110 valence electrons. The fourth-order valence-corrected chi connectivity index (χ4v) is 1.68. The standard InChI is InChI=1S/C13H17NO6/c1-20-7-3-4-8(13(18)19)14-12(17)11-9(15)5-2-6-10(11)16/h2,5-6,8,15-16H,3-4,7H2,1H3,(H,14,17)(H,18,19). The third-order valence-electron chi connectivity index (χ3n) is 2.69. The molecule has 1 atom stereocenters. The van der Waals surface area contributed by atoms with E-state index in [-0.39, 0.29) is 12.0 Å². The van der Waals surface area contributed by atoms with Crippen LogP contribution in [0.3, 0.4) is 0 Å². The van der Waals surface area contributed by atoms with Crippen LogP contribution in [0.4, 0.5) is 0 Å². The molecule has 0 radical (unpaired) electrons. The van der Waals surface area contributed by atoms with Gasteiger partial charge in [-0.15, -0.1) is 0 Å². The van der Waals surface area contributed by atoms with Gasteiger partial charge < -0.3 is 25.4 Å². The molecule has 1 aromatic carbocycles. The summed E-state index contributed by atoms with van der Waals surface area (Å²) in [4.78, 5) is 23.0. The van der Waals surface area contributed by atoms with Gasteiger partial charge in [-0.2, -0.15) is 0 Å². The number of ether oxygens (including phenoxy) is 1. The summed E-state index contributed by atoms with van der Waals surface area (Å²) < 4.78 is 4.81. The van der Waals surface area contributed by atoms with Crippen molar-refractivity contribution < 1.29 is 29.6 Å². The van der Waals surface area contributed by atoms with Gasteiger partial charge in [0, 0.05) is 13.7 Å². The van der Waals surface area contributed by atoms with Gasteiger partial charge in [0.15, 0.2) is 0 Å². The van der Waals surface area contributed by atoms with Crippen molar-refractivity contribution in [1.29, 1.82) is 0 Å². The maximum absolute atomic E-state index is 11.9. The lowest BCUT2D eigenvalue weighted by Crippen LogP contribution is -2.41. The van der Waals surface area contributed by atoms with Crippen LogP contribution < -0.4 is 5.32 Å².